The largest absolute Gasteiger partial charge is 0.346 e. The van der Waals surface area contributed by atoms with E-state index in [0.717, 1.165) is 31.5 Å². The van der Waals surface area contributed by atoms with Gasteiger partial charge < -0.3 is 9.47 Å². The molecular formula is C18H26O2. The van der Waals surface area contributed by atoms with Crippen molar-refractivity contribution in [2.75, 3.05) is 13.2 Å². The van der Waals surface area contributed by atoms with Gasteiger partial charge in [0.2, 0.25) is 0 Å². The first-order valence-corrected chi connectivity index (χ1v) is 8.14. The third-order valence-electron chi connectivity index (χ3n) is 4.91. The van der Waals surface area contributed by atoms with Gasteiger partial charge in [-0.1, -0.05) is 44.9 Å². The Morgan fingerprint density at radius 3 is 2.40 bits per heavy atom. The van der Waals surface area contributed by atoms with Gasteiger partial charge in [0.15, 0.2) is 6.29 Å². The highest BCUT2D eigenvalue weighted by Gasteiger charge is 2.23. The minimum Gasteiger partial charge on any atom is -0.346 e. The predicted molar refractivity (Wildman–Crippen MR) is 80.8 cm³/mol. The molecule has 2 heteroatoms. The number of ether oxygens (including phenoxy) is 2. The summed E-state index contributed by atoms with van der Waals surface area (Å²) in [5.74, 6) is 1.67. The lowest BCUT2D eigenvalue weighted by Crippen LogP contribution is -2.12. The first kappa shape index (κ1) is 14.1. The van der Waals surface area contributed by atoms with Crippen molar-refractivity contribution in [3.63, 3.8) is 0 Å². The molecule has 1 aliphatic carbocycles. The predicted octanol–water partition coefficient (Wildman–Crippen LogP) is 4.59. The molecule has 0 atom stereocenters. The number of benzene rings is 1. The zero-order valence-corrected chi connectivity index (χ0v) is 12.7. The lowest BCUT2D eigenvalue weighted by atomic mass is 9.79. The monoisotopic (exact) mass is 274 g/mol. The SMILES string of the molecule is CCc1cc(C2CCC(C)CC2)ccc1C1OCCO1. The molecule has 1 saturated carbocycles. The summed E-state index contributed by atoms with van der Waals surface area (Å²) in [7, 11) is 0. The molecule has 0 N–H and O–H groups in total. The van der Waals surface area contributed by atoms with Crippen molar-refractivity contribution >= 4 is 0 Å². The van der Waals surface area contributed by atoms with Crippen LogP contribution in [0.1, 0.15) is 68.4 Å². The van der Waals surface area contributed by atoms with Crippen molar-refractivity contribution in [3.8, 4) is 0 Å². The van der Waals surface area contributed by atoms with Crippen LogP contribution in [0, 0.1) is 5.92 Å². The summed E-state index contributed by atoms with van der Waals surface area (Å²) in [4.78, 5) is 0. The van der Waals surface area contributed by atoms with Gasteiger partial charge in [-0.3, -0.25) is 0 Å². The smallest absolute Gasteiger partial charge is 0.184 e. The fraction of sp³-hybridized carbons (Fsp3) is 0.667. The van der Waals surface area contributed by atoms with Gasteiger partial charge in [0.05, 0.1) is 13.2 Å². The van der Waals surface area contributed by atoms with Gasteiger partial charge in [-0.15, -0.1) is 0 Å². The van der Waals surface area contributed by atoms with E-state index in [0.29, 0.717) is 0 Å². The van der Waals surface area contributed by atoms with E-state index in [1.807, 2.05) is 0 Å². The summed E-state index contributed by atoms with van der Waals surface area (Å²) in [6, 6.07) is 6.95. The van der Waals surface area contributed by atoms with E-state index < -0.39 is 0 Å². The third-order valence-corrected chi connectivity index (χ3v) is 4.91. The van der Waals surface area contributed by atoms with Crippen LogP contribution in [0.25, 0.3) is 0 Å². The van der Waals surface area contributed by atoms with Gasteiger partial charge in [-0.25, -0.2) is 0 Å². The maximum atomic E-state index is 5.66. The van der Waals surface area contributed by atoms with Gasteiger partial charge in [-0.05, 0) is 42.2 Å². The van der Waals surface area contributed by atoms with E-state index in [9.17, 15) is 0 Å². The van der Waals surface area contributed by atoms with Crippen LogP contribution in [0.4, 0.5) is 0 Å². The third kappa shape index (κ3) is 2.91. The molecule has 1 aromatic carbocycles. The van der Waals surface area contributed by atoms with Crippen molar-refractivity contribution in [1.29, 1.82) is 0 Å². The Morgan fingerprint density at radius 1 is 1.05 bits per heavy atom. The average molecular weight is 274 g/mol. The quantitative estimate of drug-likeness (QED) is 0.802. The summed E-state index contributed by atoms with van der Waals surface area (Å²) in [6.45, 7) is 6.04. The zero-order valence-electron chi connectivity index (χ0n) is 12.7. The van der Waals surface area contributed by atoms with Gasteiger partial charge >= 0.3 is 0 Å². The lowest BCUT2D eigenvalue weighted by Gasteiger charge is -2.27. The summed E-state index contributed by atoms with van der Waals surface area (Å²) >= 11 is 0. The van der Waals surface area contributed by atoms with Crippen molar-refractivity contribution in [2.45, 2.75) is 58.2 Å². The standard InChI is InChI=1S/C18H26O2/c1-3-14-12-16(15-6-4-13(2)5-7-15)8-9-17(14)18-19-10-11-20-18/h8-9,12-13,15,18H,3-7,10-11H2,1-2H3. The van der Waals surface area contributed by atoms with E-state index in [2.05, 4.69) is 32.0 Å². The maximum Gasteiger partial charge on any atom is 0.184 e. The molecule has 1 aromatic rings. The second-order valence-electron chi connectivity index (χ2n) is 6.34. The molecule has 1 heterocycles. The lowest BCUT2D eigenvalue weighted by molar-refractivity contribution is -0.0447. The van der Waals surface area contributed by atoms with Crippen LogP contribution in [0.3, 0.4) is 0 Å². The van der Waals surface area contributed by atoms with Crippen LogP contribution >= 0.6 is 0 Å². The van der Waals surface area contributed by atoms with Crippen molar-refractivity contribution in [1.82, 2.24) is 0 Å². The van der Waals surface area contributed by atoms with Crippen molar-refractivity contribution in [2.24, 2.45) is 5.92 Å². The van der Waals surface area contributed by atoms with Gasteiger partial charge in [-0.2, -0.15) is 0 Å². The molecule has 0 amide bonds. The number of hydrogen-bond donors (Lipinski definition) is 0. The fourth-order valence-corrected chi connectivity index (χ4v) is 3.55. The Kier molecular flexibility index (Phi) is 4.42. The second kappa shape index (κ2) is 6.28. The first-order valence-electron chi connectivity index (χ1n) is 8.14. The van der Waals surface area contributed by atoms with Crippen molar-refractivity contribution in [3.05, 3.63) is 34.9 Å². The highest BCUT2D eigenvalue weighted by Crippen LogP contribution is 2.37. The summed E-state index contributed by atoms with van der Waals surface area (Å²) in [5.41, 5.74) is 4.15. The average Bonchev–Trinajstić information content (AvgIpc) is 3.01. The summed E-state index contributed by atoms with van der Waals surface area (Å²) in [5, 5.41) is 0. The first-order chi connectivity index (χ1) is 9.78. The molecule has 20 heavy (non-hydrogen) atoms. The molecular weight excluding hydrogens is 248 g/mol. The number of hydrogen-bond acceptors (Lipinski definition) is 2. The van der Waals surface area contributed by atoms with Crippen LogP contribution in [0.2, 0.25) is 0 Å². The molecule has 2 aliphatic rings. The van der Waals surface area contributed by atoms with Crippen LogP contribution < -0.4 is 0 Å². The molecule has 0 bridgehead atoms. The van der Waals surface area contributed by atoms with Gasteiger partial charge in [0.1, 0.15) is 0 Å². The van der Waals surface area contributed by atoms with E-state index in [-0.39, 0.29) is 6.29 Å². The van der Waals surface area contributed by atoms with E-state index in [1.165, 1.54) is 42.4 Å². The zero-order chi connectivity index (χ0) is 13.9. The van der Waals surface area contributed by atoms with Crippen LogP contribution in [-0.4, -0.2) is 13.2 Å². The summed E-state index contributed by atoms with van der Waals surface area (Å²) < 4.78 is 11.3. The Hall–Kier alpha value is -0.860. The molecule has 0 radical (unpaired) electrons. The summed E-state index contributed by atoms with van der Waals surface area (Å²) in [6.07, 6.45) is 6.37. The molecule has 1 saturated heterocycles. The van der Waals surface area contributed by atoms with Crippen molar-refractivity contribution < 1.29 is 9.47 Å². The highest BCUT2D eigenvalue weighted by atomic mass is 16.7. The highest BCUT2D eigenvalue weighted by molar-refractivity contribution is 5.35. The minimum absolute atomic E-state index is 0.134. The molecule has 110 valence electrons. The normalized spacial score (nSPS) is 27.9. The molecule has 2 nitrogen and oxygen atoms in total. The minimum atomic E-state index is -0.134. The van der Waals surface area contributed by atoms with E-state index >= 15 is 0 Å². The number of aryl methyl sites for hydroxylation is 1. The Morgan fingerprint density at radius 2 is 1.75 bits per heavy atom. The van der Waals surface area contributed by atoms with Crippen LogP contribution in [0.15, 0.2) is 18.2 Å². The molecule has 3 rings (SSSR count). The van der Waals surface area contributed by atoms with Crippen LogP contribution in [-0.2, 0) is 15.9 Å². The maximum absolute atomic E-state index is 5.66. The fourth-order valence-electron chi connectivity index (χ4n) is 3.55. The van der Waals surface area contributed by atoms with Gasteiger partial charge in [0, 0.05) is 5.56 Å². The Balaban J connectivity index is 1.79. The van der Waals surface area contributed by atoms with E-state index in [4.69, 9.17) is 9.47 Å². The molecule has 0 unspecified atom stereocenters. The van der Waals surface area contributed by atoms with Gasteiger partial charge in [0.25, 0.3) is 0 Å². The second-order valence-corrected chi connectivity index (χ2v) is 6.34. The number of rotatable bonds is 3. The molecule has 0 spiro atoms. The molecule has 1 aliphatic heterocycles. The molecule has 2 fully saturated rings. The Labute approximate surface area is 122 Å². The molecule has 0 aromatic heterocycles. The topological polar surface area (TPSA) is 18.5 Å². The van der Waals surface area contributed by atoms with Crippen LogP contribution in [0.5, 0.6) is 0 Å². The van der Waals surface area contributed by atoms with E-state index in [1.54, 1.807) is 0 Å². The Bertz CT molecular complexity index is 441.